The molecule has 192 valence electrons. The summed E-state index contributed by atoms with van der Waals surface area (Å²) in [6.45, 7) is 5.09. The van der Waals surface area contributed by atoms with E-state index in [0.717, 1.165) is 65.3 Å². The highest BCUT2D eigenvalue weighted by Gasteiger charge is 2.49. The summed E-state index contributed by atoms with van der Waals surface area (Å²) in [6.07, 6.45) is 6.46. The van der Waals surface area contributed by atoms with Gasteiger partial charge in [0.05, 0.1) is 35.0 Å². The fourth-order valence-electron chi connectivity index (χ4n) is 6.30. The highest BCUT2D eigenvalue weighted by molar-refractivity contribution is 5.83. The molecule has 0 unspecified atom stereocenters. The number of rotatable bonds is 6. The maximum absolute atomic E-state index is 14.8. The van der Waals surface area contributed by atoms with E-state index in [4.69, 9.17) is 4.74 Å². The van der Waals surface area contributed by atoms with Crippen LogP contribution in [0.1, 0.15) is 54.5 Å². The Kier molecular flexibility index (Phi) is 5.88. The van der Waals surface area contributed by atoms with Crippen LogP contribution in [-0.2, 0) is 24.8 Å². The number of hydrogen-bond acceptors (Lipinski definition) is 5. The fraction of sp³-hybridized carbons (Fsp3) is 0.433. The Labute approximate surface area is 215 Å². The summed E-state index contributed by atoms with van der Waals surface area (Å²) in [4.78, 5) is 21.9. The van der Waals surface area contributed by atoms with Crippen LogP contribution in [0.3, 0.4) is 0 Å². The largest absolute Gasteiger partial charge is 0.373 e. The van der Waals surface area contributed by atoms with E-state index in [1.54, 1.807) is 4.57 Å². The SMILES string of the molecule is Cc1ccc2ncc(F)c(CCC34CCC(NCc5c(C)c6ccccc6n(C)c5=O)(CC3)CO4)c2n1. The molecular formula is C30H33FN4O2. The van der Waals surface area contributed by atoms with Crippen LogP contribution in [0.2, 0.25) is 0 Å². The first-order valence-corrected chi connectivity index (χ1v) is 13.2. The van der Waals surface area contributed by atoms with Crippen molar-refractivity contribution in [3.63, 3.8) is 0 Å². The molecular weight excluding hydrogens is 467 g/mol. The standard InChI is InChI=1S/C30H33FN4O2/c1-19-8-9-25-27(34-19)22(24(31)17-32-25)10-11-30-14-12-29(13-15-30,18-37-30)33-16-23-20(2)21-6-4-5-7-26(21)35(3)28(23)36/h4-9,17,33H,10-16,18H2,1-3H3. The quantitative estimate of drug-likeness (QED) is 0.402. The second-order valence-electron chi connectivity index (χ2n) is 11.0. The lowest BCUT2D eigenvalue weighted by Crippen LogP contribution is -2.61. The molecule has 5 heterocycles. The van der Waals surface area contributed by atoms with Crippen LogP contribution in [-0.4, -0.2) is 32.3 Å². The van der Waals surface area contributed by atoms with E-state index in [9.17, 15) is 9.18 Å². The van der Waals surface area contributed by atoms with Gasteiger partial charge in [0.25, 0.3) is 5.56 Å². The van der Waals surface area contributed by atoms with Gasteiger partial charge in [-0.2, -0.15) is 0 Å². The fourth-order valence-corrected chi connectivity index (χ4v) is 6.30. The van der Waals surface area contributed by atoms with Crippen LogP contribution in [0.4, 0.5) is 4.39 Å². The van der Waals surface area contributed by atoms with Gasteiger partial charge < -0.3 is 14.6 Å². The monoisotopic (exact) mass is 500 g/mol. The number of nitrogens with one attached hydrogen (secondary N) is 1. The number of benzene rings is 1. The minimum absolute atomic E-state index is 0.0532. The highest BCUT2D eigenvalue weighted by atomic mass is 19.1. The zero-order valence-corrected chi connectivity index (χ0v) is 21.7. The molecule has 3 aliphatic rings. The van der Waals surface area contributed by atoms with E-state index >= 15 is 0 Å². The van der Waals surface area contributed by atoms with Gasteiger partial charge in [-0.15, -0.1) is 0 Å². The van der Waals surface area contributed by atoms with E-state index in [2.05, 4.69) is 21.4 Å². The van der Waals surface area contributed by atoms with Gasteiger partial charge in [-0.25, -0.2) is 4.39 Å². The first-order valence-electron chi connectivity index (χ1n) is 13.2. The number of hydrogen-bond donors (Lipinski definition) is 1. The first-order chi connectivity index (χ1) is 17.8. The summed E-state index contributed by atoms with van der Waals surface area (Å²) in [5, 5.41) is 4.84. The molecule has 4 aromatic rings. The van der Waals surface area contributed by atoms with E-state index in [1.165, 1.54) is 6.20 Å². The normalized spacial score (nSPS) is 23.2. The zero-order chi connectivity index (χ0) is 25.8. The van der Waals surface area contributed by atoms with Gasteiger partial charge in [0.15, 0.2) is 0 Å². The molecule has 3 fully saturated rings. The number of aromatic nitrogens is 3. The number of nitrogens with zero attached hydrogens (tertiary/aromatic N) is 3. The van der Waals surface area contributed by atoms with Crippen molar-refractivity contribution >= 4 is 21.9 Å². The van der Waals surface area contributed by atoms with Crippen molar-refractivity contribution in [3.8, 4) is 0 Å². The van der Waals surface area contributed by atoms with Gasteiger partial charge in [-0.05, 0) is 76.1 Å². The van der Waals surface area contributed by atoms with Crippen molar-refractivity contribution in [2.75, 3.05) is 6.61 Å². The predicted molar refractivity (Wildman–Crippen MR) is 143 cm³/mol. The van der Waals surface area contributed by atoms with Crippen molar-refractivity contribution in [2.45, 2.75) is 70.1 Å². The molecule has 3 aromatic heterocycles. The highest BCUT2D eigenvalue weighted by Crippen LogP contribution is 2.46. The number of halogens is 1. The van der Waals surface area contributed by atoms with Crippen LogP contribution in [0, 0.1) is 19.7 Å². The molecule has 1 N–H and O–H groups in total. The van der Waals surface area contributed by atoms with Crippen molar-refractivity contribution in [1.29, 1.82) is 0 Å². The average Bonchev–Trinajstić information content (AvgIpc) is 2.92. The molecule has 2 bridgehead atoms. The summed E-state index contributed by atoms with van der Waals surface area (Å²) < 4.78 is 23.0. The number of para-hydroxylation sites is 1. The third-order valence-corrected chi connectivity index (χ3v) is 8.83. The van der Waals surface area contributed by atoms with Gasteiger partial charge in [0.2, 0.25) is 0 Å². The van der Waals surface area contributed by atoms with Crippen molar-refractivity contribution in [3.05, 3.63) is 81.2 Å². The number of pyridine rings is 3. The molecule has 7 heteroatoms. The molecule has 2 saturated heterocycles. The number of fused-ring (bicyclic) bond motifs is 5. The lowest BCUT2D eigenvalue weighted by atomic mass is 9.69. The Balaban J connectivity index is 1.16. The van der Waals surface area contributed by atoms with E-state index in [-0.39, 0.29) is 22.5 Å². The van der Waals surface area contributed by atoms with Gasteiger partial charge in [-0.1, -0.05) is 18.2 Å². The maximum atomic E-state index is 14.8. The van der Waals surface area contributed by atoms with Crippen LogP contribution in [0.15, 0.2) is 47.4 Å². The van der Waals surface area contributed by atoms with Crippen molar-refractivity contribution < 1.29 is 9.13 Å². The summed E-state index contributed by atoms with van der Waals surface area (Å²) >= 11 is 0. The van der Waals surface area contributed by atoms with Gasteiger partial charge in [0.1, 0.15) is 5.82 Å². The molecule has 0 spiro atoms. The van der Waals surface area contributed by atoms with Crippen LogP contribution in [0.25, 0.3) is 21.9 Å². The van der Waals surface area contributed by atoms with E-state index in [0.29, 0.717) is 30.7 Å². The van der Waals surface area contributed by atoms with Crippen LogP contribution < -0.4 is 10.9 Å². The molecule has 37 heavy (non-hydrogen) atoms. The minimum atomic E-state index is -0.294. The molecule has 1 saturated carbocycles. The maximum Gasteiger partial charge on any atom is 0.255 e. The van der Waals surface area contributed by atoms with E-state index < -0.39 is 0 Å². The predicted octanol–water partition coefficient (Wildman–Crippen LogP) is 5.04. The topological polar surface area (TPSA) is 69.0 Å². The number of aryl methyl sites for hydroxylation is 4. The average molecular weight is 501 g/mol. The third-order valence-electron chi connectivity index (χ3n) is 8.83. The Bertz CT molecular complexity index is 1550. The molecule has 1 aromatic carbocycles. The molecule has 2 aliphatic heterocycles. The second kappa shape index (κ2) is 8.99. The minimum Gasteiger partial charge on any atom is -0.373 e. The summed E-state index contributed by atoms with van der Waals surface area (Å²) in [6, 6.07) is 11.9. The zero-order valence-electron chi connectivity index (χ0n) is 21.7. The summed E-state index contributed by atoms with van der Waals surface area (Å²) in [5.74, 6) is -0.294. The molecule has 0 radical (unpaired) electrons. The molecule has 7 rings (SSSR count). The van der Waals surface area contributed by atoms with E-state index in [1.807, 2.05) is 51.2 Å². The van der Waals surface area contributed by atoms with Crippen LogP contribution in [0.5, 0.6) is 0 Å². The Morgan fingerprint density at radius 1 is 1.08 bits per heavy atom. The summed E-state index contributed by atoms with van der Waals surface area (Å²) in [5.41, 5.74) is 5.39. The molecule has 1 aliphatic carbocycles. The molecule has 6 nitrogen and oxygen atoms in total. The smallest absolute Gasteiger partial charge is 0.255 e. The van der Waals surface area contributed by atoms with Gasteiger partial charge in [-0.3, -0.25) is 14.8 Å². The Morgan fingerprint density at radius 3 is 2.62 bits per heavy atom. The lowest BCUT2D eigenvalue weighted by Gasteiger charge is -2.53. The first kappa shape index (κ1) is 24.2. The number of ether oxygens (including phenoxy) is 1. The Morgan fingerprint density at radius 2 is 1.86 bits per heavy atom. The van der Waals surface area contributed by atoms with Gasteiger partial charge in [0, 0.05) is 41.3 Å². The van der Waals surface area contributed by atoms with Crippen molar-refractivity contribution in [2.24, 2.45) is 7.05 Å². The van der Waals surface area contributed by atoms with Crippen molar-refractivity contribution in [1.82, 2.24) is 19.9 Å². The summed E-state index contributed by atoms with van der Waals surface area (Å²) in [7, 11) is 1.84. The third kappa shape index (κ3) is 4.14. The lowest BCUT2D eigenvalue weighted by molar-refractivity contribution is -0.165. The van der Waals surface area contributed by atoms with Crippen LogP contribution >= 0.6 is 0 Å². The van der Waals surface area contributed by atoms with Gasteiger partial charge >= 0.3 is 0 Å². The second-order valence-corrected chi connectivity index (χ2v) is 11.0. The molecule has 0 atom stereocenters. The Hall–Kier alpha value is -3.16. The molecule has 0 amide bonds.